The van der Waals surface area contributed by atoms with Crippen molar-refractivity contribution in [2.24, 2.45) is 0 Å². The largest absolute Gasteiger partial charge is 0.504 e. The molecule has 1 fully saturated rings. The van der Waals surface area contributed by atoms with Crippen LogP contribution in [0, 0.1) is 13.8 Å². The van der Waals surface area contributed by atoms with E-state index in [0.29, 0.717) is 17.4 Å². The van der Waals surface area contributed by atoms with E-state index < -0.39 is 0 Å². The Morgan fingerprint density at radius 3 is 2.68 bits per heavy atom. The Morgan fingerprint density at radius 2 is 1.96 bits per heavy atom. The van der Waals surface area contributed by atoms with Crippen molar-refractivity contribution in [1.82, 2.24) is 14.8 Å². The molecule has 1 aliphatic rings. The molecule has 0 unspecified atom stereocenters. The van der Waals surface area contributed by atoms with E-state index in [1.807, 2.05) is 25.1 Å². The fourth-order valence-electron chi connectivity index (χ4n) is 3.96. The highest BCUT2D eigenvalue weighted by Crippen LogP contribution is 2.38. The summed E-state index contributed by atoms with van der Waals surface area (Å²) in [6.45, 7) is 4.13. The van der Waals surface area contributed by atoms with Crippen LogP contribution in [-0.2, 0) is 0 Å². The summed E-state index contributed by atoms with van der Waals surface area (Å²) in [4.78, 5) is 4.89. The molecule has 5 nitrogen and oxygen atoms in total. The predicted octanol–water partition coefficient (Wildman–Crippen LogP) is 4.54. The van der Waals surface area contributed by atoms with Gasteiger partial charge in [0.2, 0.25) is 0 Å². The van der Waals surface area contributed by atoms with Crippen LogP contribution in [0.1, 0.15) is 43.0 Å². The summed E-state index contributed by atoms with van der Waals surface area (Å²) in [5.41, 5.74) is 4.50. The Kier molecular flexibility index (Phi) is 3.86. The summed E-state index contributed by atoms with van der Waals surface area (Å²) in [5.74, 6) is 0.581. The molecule has 0 bridgehead atoms. The summed E-state index contributed by atoms with van der Waals surface area (Å²) in [5, 5.41) is 16.4. The lowest BCUT2D eigenvalue weighted by molar-refractivity contribution is 0.374. The number of ether oxygens (including phenoxy) is 1. The second kappa shape index (κ2) is 6.06. The number of phenols is 1. The van der Waals surface area contributed by atoms with Crippen LogP contribution in [0.15, 0.2) is 24.3 Å². The average Bonchev–Trinajstić information content (AvgIpc) is 3.23. The van der Waals surface area contributed by atoms with Crippen LogP contribution in [0.2, 0.25) is 0 Å². The van der Waals surface area contributed by atoms with E-state index >= 15 is 0 Å². The molecule has 130 valence electrons. The third-order valence-electron chi connectivity index (χ3n) is 5.20. The van der Waals surface area contributed by atoms with Crippen LogP contribution in [0.3, 0.4) is 0 Å². The monoisotopic (exact) mass is 337 g/mol. The number of aryl methyl sites for hydroxylation is 2. The first-order valence-corrected chi connectivity index (χ1v) is 8.83. The van der Waals surface area contributed by atoms with E-state index in [1.165, 1.54) is 12.8 Å². The number of phenolic OH excluding ortho intramolecular Hbond substituents is 1. The molecule has 4 rings (SSSR count). The Labute approximate surface area is 147 Å². The van der Waals surface area contributed by atoms with Crippen molar-refractivity contribution >= 4 is 11.0 Å². The first-order chi connectivity index (χ1) is 12.1. The highest BCUT2D eigenvalue weighted by atomic mass is 16.5. The molecule has 5 heteroatoms. The van der Waals surface area contributed by atoms with Crippen LogP contribution in [0.5, 0.6) is 11.5 Å². The zero-order valence-corrected chi connectivity index (χ0v) is 14.9. The molecule has 0 saturated heterocycles. The Bertz CT molecular complexity index is 940. The third-order valence-corrected chi connectivity index (χ3v) is 5.20. The van der Waals surface area contributed by atoms with Crippen LogP contribution >= 0.6 is 0 Å². The predicted molar refractivity (Wildman–Crippen MR) is 98.2 cm³/mol. The maximum absolute atomic E-state index is 10.5. The standard InChI is InChI=1S/C20H23N3O2/c1-12-11-16(15-9-6-10-17(25-3)19(15)24)21-20-18(12)13(2)22-23(20)14-7-4-5-8-14/h6,9-11,14,24H,4-5,7-8H2,1-3H3. The first-order valence-electron chi connectivity index (χ1n) is 8.83. The number of nitrogens with zero attached hydrogens (tertiary/aromatic N) is 3. The smallest absolute Gasteiger partial charge is 0.167 e. The molecule has 1 aliphatic carbocycles. The van der Waals surface area contributed by atoms with Gasteiger partial charge < -0.3 is 9.84 Å². The lowest BCUT2D eigenvalue weighted by atomic mass is 10.1. The minimum absolute atomic E-state index is 0.125. The van der Waals surface area contributed by atoms with E-state index in [4.69, 9.17) is 14.8 Å². The molecular formula is C20H23N3O2. The van der Waals surface area contributed by atoms with Gasteiger partial charge in [0.1, 0.15) is 0 Å². The van der Waals surface area contributed by atoms with Crippen molar-refractivity contribution < 1.29 is 9.84 Å². The van der Waals surface area contributed by atoms with Gasteiger partial charge in [-0.1, -0.05) is 18.9 Å². The fourth-order valence-corrected chi connectivity index (χ4v) is 3.96. The molecule has 0 radical (unpaired) electrons. The summed E-state index contributed by atoms with van der Waals surface area (Å²) in [6.07, 6.45) is 4.82. The maximum atomic E-state index is 10.5. The molecule has 0 spiro atoms. The molecule has 1 aromatic carbocycles. The van der Waals surface area contributed by atoms with Crippen molar-refractivity contribution in [3.8, 4) is 22.8 Å². The zero-order chi connectivity index (χ0) is 17.6. The molecule has 1 saturated carbocycles. The molecule has 1 N–H and O–H groups in total. The van der Waals surface area contributed by atoms with Gasteiger partial charge in [-0.3, -0.25) is 0 Å². The number of rotatable bonds is 3. The number of benzene rings is 1. The van der Waals surface area contributed by atoms with Gasteiger partial charge in [-0.15, -0.1) is 0 Å². The molecule has 0 aliphatic heterocycles. The number of fused-ring (bicyclic) bond motifs is 1. The molecule has 25 heavy (non-hydrogen) atoms. The van der Waals surface area contributed by atoms with E-state index in [-0.39, 0.29) is 5.75 Å². The van der Waals surface area contributed by atoms with Crippen molar-refractivity contribution in [3.63, 3.8) is 0 Å². The summed E-state index contributed by atoms with van der Waals surface area (Å²) in [6, 6.07) is 7.93. The van der Waals surface area contributed by atoms with Gasteiger partial charge in [0.05, 0.1) is 24.5 Å². The summed E-state index contributed by atoms with van der Waals surface area (Å²) >= 11 is 0. The van der Waals surface area contributed by atoms with Crippen LogP contribution in [-0.4, -0.2) is 27.0 Å². The van der Waals surface area contributed by atoms with Gasteiger partial charge in [0.25, 0.3) is 0 Å². The van der Waals surface area contributed by atoms with Crippen LogP contribution in [0.4, 0.5) is 0 Å². The second-order valence-electron chi connectivity index (χ2n) is 6.85. The number of methoxy groups -OCH3 is 1. The Balaban J connectivity index is 1.93. The van der Waals surface area contributed by atoms with E-state index in [2.05, 4.69) is 11.6 Å². The summed E-state index contributed by atoms with van der Waals surface area (Å²) < 4.78 is 7.34. The minimum Gasteiger partial charge on any atom is -0.504 e. The van der Waals surface area contributed by atoms with E-state index in [1.54, 1.807) is 13.2 Å². The average molecular weight is 337 g/mol. The molecular weight excluding hydrogens is 314 g/mol. The molecule has 0 amide bonds. The van der Waals surface area contributed by atoms with Gasteiger partial charge >= 0.3 is 0 Å². The number of hydrogen-bond donors (Lipinski definition) is 1. The van der Waals surface area contributed by atoms with Crippen molar-refractivity contribution in [2.75, 3.05) is 7.11 Å². The fraction of sp³-hybridized carbons (Fsp3) is 0.400. The number of aromatic nitrogens is 3. The lowest BCUT2D eigenvalue weighted by Crippen LogP contribution is -2.07. The molecule has 3 aromatic rings. The highest BCUT2D eigenvalue weighted by Gasteiger charge is 2.23. The second-order valence-corrected chi connectivity index (χ2v) is 6.85. The maximum Gasteiger partial charge on any atom is 0.167 e. The third kappa shape index (κ3) is 2.54. The van der Waals surface area contributed by atoms with Crippen LogP contribution < -0.4 is 4.74 Å². The summed E-state index contributed by atoms with van der Waals surface area (Å²) in [7, 11) is 1.55. The molecule has 2 heterocycles. The van der Waals surface area contributed by atoms with Gasteiger partial charge in [-0.25, -0.2) is 9.67 Å². The lowest BCUT2D eigenvalue weighted by Gasteiger charge is -2.13. The van der Waals surface area contributed by atoms with E-state index in [9.17, 15) is 5.11 Å². The highest BCUT2D eigenvalue weighted by molar-refractivity contribution is 5.86. The SMILES string of the molecule is COc1cccc(-c2cc(C)c3c(C)nn(C4CCCC4)c3n2)c1O. The Morgan fingerprint density at radius 1 is 1.20 bits per heavy atom. The van der Waals surface area contributed by atoms with Crippen molar-refractivity contribution in [1.29, 1.82) is 0 Å². The topological polar surface area (TPSA) is 60.2 Å². The van der Waals surface area contributed by atoms with Gasteiger partial charge in [0.15, 0.2) is 17.1 Å². The van der Waals surface area contributed by atoms with Crippen LogP contribution in [0.25, 0.3) is 22.3 Å². The van der Waals surface area contributed by atoms with E-state index in [0.717, 1.165) is 40.8 Å². The minimum atomic E-state index is 0.125. The number of para-hydroxylation sites is 1. The quantitative estimate of drug-likeness (QED) is 0.762. The first kappa shape index (κ1) is 15.9. The van der Waals surface area contributed by atoms with Gasteiger partial charge in [-0.2, -0.15) is 5.10 Å². The number of aromatic hydroxyl groups is 1. The van der Waals surface area contributed by atoms with Gasteiger partial charge in [-0.05, 0) is 50.5 Å². The normalized spacial score (nSPS) is 15.2. The number of hydrogen-bond acceptors (Lipinski definition) is 4. The number of pyridine rings is 1. The molecule has 0 atom stereocenters. The Hall–Kier alpha value is -2.56. The molecule has 2 aromatic heterocycles. The van der Waals surface area contributed by atoms with Crippen molar-refractivity contribution in [3.05, 3.63) is 35.5 Å². The zero-order valence-electron chi connectivity index (χ0n) is 14.9. The van der Waals surface area contributed by atoms with Crippen molar-refractivity contribution in [2.45, 2.75) is 45.6 Å². The van der Waals surface area contributed by atoms with Gasteiger partial charge in [0, 0.05) is 10.9 Å².